The quantitative estimate of drug-likeness (QED) is 0.777. The number of rotatable bonds is 5. The van der Waals surface area contributed by atoms with E-state index in [1.54, 1.807) is 6.08 Å². The fraction of sp³-hybridized carbons (Fsp3) is 0.0667. The lowest BCUT2D eigenvalue weighted by molar-refractivity contribution is 0.363. The number of nitrogens with one attached hydrogen (secondary N) is 1. The molecule has 2 aromatic rings. The largest absolute Gasteiger partial charge is 0.489 e. The van der Waals surface area contributed by atoms with Gasteiger partial charge in [-0.05, 0) is 24.3 Å². The molecular weight excluding hydrogens is 210 g/mol. The van der Waals surface area contributed by atoms with Crippen molar-refractivity contribution in [2.45, 2.75) is 0 Å². The molecule has 2 rings (SSSR count). The van der Waals surface area contributed by atoms with Crippen LogP contribution in [-0.4, -0.2) is 6.61 Å². The van der Waals surface area contributed by atoms with Crippen LogP contribution in [0.2, 0.25) is 0 Å². The van der Waals surface area contributed by atoms with Gasteiger partial charge in [0.1, 0.15) is 12.4 Å². The average molecular weight is 225 g/mol. The van der Waals surface area contributed by atoms with Crippen LogP contribution in [0.5, 0.6) is 5.75 Å². The molecule has 0 aliphatic heterocycles. The molecule has 0 fully saturated rings. The second-order valence-corrected chi connectivity index (χ2v) is 3.62. The van der Waals surface area contributed by atoms with E-state index >= 15 is 0 Å². The normalized spacial score (nSPS) is 9.65. The maximum Gasteiger partial charge on any atom is 0.121 e. The third-order valence-electron chi connectivity index (χ3n) is 2.26. The topological polar surface area (TPSA) is 21.3 Å². The summed E-state index contributed by atoms with van der Waals surface area (Å²) in [7, 11) is 0. The van der Waals surface area contributed by atoms with Gasteiger partial charge in [0, 0.05) is 17.4 Å². The zero-order chi connectivity index (χ0) is 11.9. The highest BCUT2D eigenvalue weighted by Gasteiger charge is 1.96. The monoisotopic (exact) mass is 225 g/mol. The van der Waals surface area contributed by atoms with E-state index in [1.807, 2.05) is 54.6 Å². The molecule has 0 aliphatic carbocycles. The van der Waals surface area contributed by atoms with Crippen LogP contribution in [0.15, 0.2) is 67.3 Å². The molecule has 2 nitrogen and oxygen atoms in total. The molecule has 0 aliphatic rings. The molecule has 86 valence electrons. The van der Waals surface area contributed by atoms with Crippen LogP contribution >= 0.6 is 0 Å². The Bertz CT molecular complexity index is 479. The summed E-state index contributed by atoms with van der Waals surface area (Å²) in [6, 6.07) is 17.9. The van der Waals surface area contributed by atoms with Gasteiger partial charge in [0.25, 0.3) is 0 Å². The predicted molar refractivity (Wildman–Crippen MR) is 71.9 cm³/mol. The number of anilines is 2. The van der Waals surface area contributed by atoms with Crippen molar-refractivity contribution in [1.29, 1.82) is 0 Å². The van der Waals surface area contributed by atoms with Crippen LogP contribution in [0.25, 0.3) is 0 Å². The molecular formula is C15H15NO. The van der Waals surface area contributed by atoms with Gasteiger partial charge in [-0.3, -0.25) is 0 Å². The van der Waals surface area contributed by atoms with Crippen LogP contribution in [0, 0.1) is 0 Å². The predicted octanol–water partition coefficient (Wildman–Crippen LogP) is 4.00. The van der Waals surface area contributed by atoms with Crippen LogP contribution in [0.4, 0.5) is 11.4 Å². The maximum atomic E-state index is 5.48. The summed E-state index contributed by atoms with van der Waals surface area (Å²) in [5.41, 5.74) is 2.08. The average Bonchev–Trinajstić information content (AvgIpc) is 2.38. The molecule has 0 radical (unpaired) electrons. The zero-order valence-electron chi connectivity index (χ0n) is 9.60. The Morgan fingerprint density at radius 1 is 1.00 bits per heavy atom. The highest BCUT2D eigenvalue weighted by molar-refractivity contribution is 5.60. The SMILES string of the molecule is C=CCOc1cccc(Nc2ccccc2)c1. The highest BCUT2D eigenvalue weighted by Crippen LogP contribution is 2.21. The van der Waals surface area contributed by atoms with E-state index in [2.05, 4.69) is 11.9 Å². The fourth-order valence-corrected chi connectivity index (χ4v) is 1.51. The van der Waals surface area contributed by atoms with Gasteiger partial charge >= 0.3 is 0 Å². The molecule has 0 spiro atoms. The van der Waals surface area contributed by atoms with E-state index in [4.69, 9.17) is 4.74 Å². The summed E-state index contributed by atoms with van der Waals surface area (Å²) >= 11 is 0. The number of hydrogen-bond donors (Lipinski definition) is 1. The summed E-state index contributed by atoms with van der Waals surface area (Å²) in [6.07, 6.45) is 1.73. The Balaban J connectivity index is 2.08. The van der Waals surface area contributed by atoms with Gasteiger partial charge in [-0.1, -0.05) is 36.9 Å². The third kappa shape index (κ3) is 3.38. The Morgan fingerprint density at radius 2 is 1.76 bits per heavy atom. The van der Waals surface area contributed by atoms with Gasteiger partial charge in [-0.25, -0.2) is 0 Å². The minimum absolute atomic E-state index is 0.523. The minimum atomic E-state index is 0.523. The lowest BCUT2D eigenvalue weighted by atomic mass is 10.2. The lowest BCUT2D eigenvalue weighted by Crippen LogP contribution is -1.94. The molecule has 0 saturated carbocycles. The number of para-hydroxylation sites is 1. The molecule has 1 N–H and O–H groups in total. The standard InChI is InChI=1S/C15H15NO/c1-2-11-17-15-10-6-9-14(12-15)16-13-7-4-3-5-8-13/h2-10,12,16H,1,11H2. The molecule has 2 heteroatoms. The van der Waals surface area contributed by atoms with Gasteiger partial charge < -0.3 is 10.1 Å². The maximum absolute atomic E-state index is 5.48. The van der Waals surface area contributed by atoms with Gasteiger partial charge in [0.15, 0.2) is 0 Å². The minimum Gasteiger partial charge on any atom is -0.489 e. The number of benzene rings is 2. The molecule has 17 heavy (non-hydrogen) atoms. The van der Waals surface area contributed by atoms with Gasteiger partial charge in [0.2, 0.25) is 0 Å². The van der Waals surface area contributed by atoms with Crippen LogP contribution < -0.4 is 10.1 Å². The third-order valence-corrected chi connectivity index (χ3v) is 2.26. The van der Waals surface area contributed by atoms with E-state index in [-0.39, 0.29) is 0 Å². The van der Waals surface area contributed by atoms with Crippen molar-refractivity contribution in [1.82, 2.24) is 0 Å². The Morgan fingerprint density at radius 3 is 2.53 bits per heavy atom. The van der Waals surface area contributed by atoms with Gasteiger partial charge in [-0.2, -0.15) is 0 Å². The first kappa shape index (κ1) is 11.3. The van der Waals surface area contributed by atoms with E-state index in [9.17, 15) is 0 Å². The molecule has 0 bridgehead atoms. The molecule has 0 saturated heterocycles. The van der Waals surface area contributed by atoms with Crippen molar-refractivity contribution in [3.05, 3.63) is 67.3 Å². The van der Waals surface area contributed by atoms with Crippen molar-refractivity contribution in [2.24, 2.45) is 0 Å². The van der Waals surface area contributed by atoms with Crippen molar-refractivity contribution >= 4 is 11.4 Å². The first-order valence-corrected chi connectivity index (χ1v) is 5.54. The van der Waals surface area contributed by atoms with Crippen molar-refractivity contribution < 1.29 is 4.74 Å². The molecule has 0 heterocycles. The Hall–Kier alpha value is -2.22. The first-order valence-electron chi connectivity index (χ1n) is 5.54. The van der Waals surface area contributed by atoms with E-state index in [0.717, 1.165) is 17.1 Å². The first-order chi connectivity index (χ1) is 8.38. The second kappa shape index (κ2) is 5.75. The van der Waals surface area contributed by atoms with Crippen molar-refractivity contribution in [3.63, 3.8) is 0 Å². The summed E-state index contributed by atoms with van der Waals surface area (Å²) in [6.45, 7) is 4.15. The van der Waals surface area contributed by atoms with E-state index in [0.29, 0.717) is 6.61 Å². The Labute approximate surface area is 102 Å². The zero-order valence-corrected chi connectivity index (χ0v) is 9.60. The van der Waals surface area contributed by atoms with Crippen LogP contribution in [0.3, 0.4) is 0 Å². The lowest BCUT2D eigenvalue weighted by Gasteiger charge is -2.08. The van der Waals surface area contributed by atoms with Crippen molar-refractivity contribution in [2.75, 3.05) is 11.9 Å². The van der Waals surface area contributed by atoms with Crippen LogP contribution in [0.1, 0.15) is 0 Å². The smallest absolute Gasteiger partial charge is 0.121 e. The van der Waals surface area contributed by atoms with Gasteiger partial charge in [0.05, 0.1) is 0 Å². The summed E-state index contributed by atoms with van der Waals surface area (Å²) in [4.78, 5) is 0. The summed E-state index contributed by atoms with van der Waals surface area (Å²) < 4.78 is 5.48. The molecule has 0 amide bonds. The molecule has 0 atom stereocenters. The second-order valence-electron chi connectivity index (χ2n) is 3.62. The van der Waals surface area contributed by atoms with E-state index in [1.165, 1.54) is 0 Å². The van der Waals surface area contributed by atoms with Gasteiger partial charge in [-0.15, -0.1) is 0 Å². The summed E-state index contributed by atoms with van der Waals surface area (Å²) in [5.74, 6) is 0.839. The molecule has 2 aromatic carbocycles. The number of ether oxygens (including phenoxy) is 1. The molecule has 0 aromatic heterocycles. The van der Waals surface area contributed by atoms with Crippen molar-refractivity contribution in [3.8, 4) is 5.75 Å². The number of hydrogen-bond acceptors (Lipinski definition) is 2. The fourth-order valence-electron chi connectivity index (χ4n) is 1.51. The Kier molecular flexibility index (Phi) is 3.81. The van der Waals surface area contributed by atoms with Crippen LogP contribution in [-0.2, 0) is 0 Å². The van der Waals surface area contributed by atoms with E-state index < -0.39 is 0 Å². The highest BCUT2D eigenvalue weighted by atomic mass is 16.5. The molecule has 0 unspecified atom stereocenters. The summed E-state index contributed by atoms with van der Waals surface area (Å²) in [5, 5.41) is 3.31.